The number of nitrogens with one attached hydrogen (secondary N) is 1. The summed E-state index contributed by atoms with van der Waals surface area (Å²) in [5, 5.41) is 14.5. The second-order valence-corrected chi connectivity index (χ2v) is 10.6. The third kappa shape index (κ3) is 7.82. The van der Waals surface area contributed by atoms with Gasteiger partial charge in [0, 0.05) is 39.8 Å². The van der Waals surface area contributed by atoms with Crippen LogP contribution in [0.4, 0.5) is 5.13 Å². The van der Waals surface area contributed by atoms with E-state index in [2.05, 4.69) is 24.1 Å². The summed E-state index contributed by atoms with van der Waals surface area (Å²) in [4.78, 5) is 28.7. The molecule has 3 aromatic rings. The molecule has 3 rings (SSSR count). The van der Waals surface area contributed by atoms with Crippen molar-refractivity contribution >= 4 is 57.6 Å². The molecule has 10 heteroatoms. The summed E-state index contributed by atoms with van der Waals surface area (Å²) in [6.07, 6.45) is 5.22. The molecule has 7 nitrogen and oxygen atoms in total. The standard InChI is InChI=1S/C29H32Cl2N2O5S/c1-5-7-11-25(38-12-6-2)20-10-8-9-19(26(20)37-4)24-16-39-29(32-24)33-27(34)18-14-22(30)21(23(31)15-18)13-17(3)28(35)36/h8-10,13-16,25H,5-7,11-12H2,1-4H3,(H,35,36)(H,32,33,34)/b17-13+/t25-/m0/s1. The molecule has 0 radical (unpaired) electrons. The second-order valence-electron chi connectivity index (χ2n) is 8.91. The molecule has 1 aromatic heterocycles. The van der Waals surface area contributed by atoms with Crippen molar-refractivity contribution in [2.75, 3.05) is 19.0 Å². The molecule has 0 aliphatic carbocycles. The van der Waals surface area contributed by atoms with Crippen LogP contribution in [-0.4, -0.2) is 35.7 Å². The van der Waals surface area contributed by atoms with E-state index in [-0.39, 0.29) is 27.3 Å². The van der Waals surface area contributed by atoms with Crippen LogP contribution in [0.3, 0.4) is 0 Å². The number of carboxylic acids is 1. The Bertz CT molecular complexity index is 1320. The number of benzene rings is 2. The number of halogens is 2. The van der Waals surface area contributed by atoms with Crippen LogP contribution in [-0.2, 0) is 9.53 Å². The third-order valence-corrected chi connectivity index (χ3v) is 7.36. The Morgan fingerprint density at radius 1 is 1.18 bits per heavy atom. The molecule has 0 spiro atoms. The molecule has 2 N–H and O–H groups in total. The van der Waals surface area contributed by atoms with Crippen molar-refractivity contribution in [3.05, 3.63) is 68.0 Å². The molecule has 39 heavy (non-hydrogen) atoms. The Labute approximate surface area is 242 Å². The lowest BCUT2D eigenvalue weighted by Crippen LogP contribution is -2.12. The van der Waals surface area contributed by atoms with Gasteiger partial charge in [0.2, 0.25) is 0 Å². The highest BCUT2D eigenvalue weighted by Gasteiger charge is 2.21. The van der Waals surface area contributed by atoms with Gasteiger partial charge in [-0.2, -0.15) is 0 Å². The Morgan fingerprint density at radius 2 is 1.90 bits per heavy atom. The van der Waals surface area contributed by atoms with Crippen molar-refractivity contribution < 1.29 is 24.2 Å². The molecule has 0 bridgehead atoms. The molecule has 0 unspecified atom stereocenters. The van der Waals surface area contributed by atoms with Gasteiger partial charge in [0.05, 0.1) is 29.0 Å². The maximum atomic E-state index is 13.0. The Balaban J connectivity index is 1.86. The maximum absolute atomic E-state index is 13.0. The van der Waals surface area contributed by atoms with Crippen molar-refractivity contribution in [3.63, 3.8) is 0 Å². The second kappa shape index (κ2) is 14.5. The highest BCUT2D eigenvalue weighted by Crippen LogP contribution is 2.40. The number of anilines is 1. The number of amides is 1. The zero-order valence-electron chi connectivity index (χ0n) is 22.3. The van der Waals surface area contributed by atoms with Gasteiger partial charge in [0.1, 0.15) is 5.75 Å². The zero-order chi connectivity index (χ0) is 28.5. The Hall–Kier alpha value is -2.91. The van der Waals surface area contributed by atoms with E-state index in [1.807, 2.05) is 23.6 Å². The average Bonchev–Trinajstić information content (AvgIpc) is 3.38. The summed E-state index contributed by atoms with van der Waals surface area (Å²) in [5.74, 6) is -0.828. The minimum Gasteiger partial charge on any atom is -0.496 e. The van der Waals surface area contributed by atoms with Crippen LogP contribution in [0.5, 0.6) is 5.75 Å². The molecule has 1 amide bonds. The van der Waals surface area contributed by atoms with Gasteiger partial charge < -0.3 is 14.6 Å². The van der Waals surface area contributed by atoms with Crippen LogP contribution < -0.4 is 10.1 Å². The van der Waals surface area contributed by atoms with E-state index < -0.39 is 11.9 Å². The van der Waals surface area contributed by atoms with E-state index in [1.54, 1.807) is 7.11 Å². The number of ether oxygens (including phenoxy) is 2. The number of aliphatic carboxylic acids is 1. The first-order valence-corrected chi connectivity index (χ1v) is 14.3. The molecular weight excluding hydrogens is 559 g/mol. The van der Waals surface area contributed by atoms with Crippen molar-refractivity contribution in [1.29, 1.82) is 0 Å². The first-order chi connectivity index (χ1) is 18.7. The fourth-order valence-electron chi connectivity index (χ4n) is 3.97. The fourth-order valence-corrected chi connectivity index (χ4v) is 5.27. The van der Waals surface area contributed by atoms with E-state index in [1.165, 1.54) is 36.5 Å². The SMILES string of the molecule is CCCC[C@H](OCCC)c1cccc(-c2csc(NC(=O)c3cc(Cl)c(/C=C(\C)C(=O)O)c(Cl)c3)n2)c1OC. The first kappa shape index (κ1) is 30.6. The molecule has 0 saturated carbocycles. The Kier molecular flexibility index (Phi) is 11.4. The number of carboxylic acid groups (broad SMARTS) is 1. The van der Waals surface area contributed by atoms with Crippen molar-refractivity contribution in [2.45, 2.75) is 52.6 Å². The van der Waals surface area contributed by atoms with Crippen LogP contribution >= 0.6 is 34.5 Å². The molecule has 2 aromatic carbocycles. The molecular formula is C29H32Cl2N2O5S. The topological polar surface area (TPSA) is 97.8 Å². The van der Waals surface area contributed by atoms with Crippen LogP contribution in [0.1, 0.15) is 74.0 Å². The van der Waals surface area contributed by atoms with Gasteiger partial charge in [-0.1, -0.05) is 62.0 Å². The maximum Gasteiger partial charge on any atom is 0.331 e. The third-order valence-electron chi connectivity index (χ3n) is 5.98. The highest BCUT2D eigenvalue weighted by molar-refractivity contribution is 7.14. The number of carbonyl (C=O) groups is 2. The lowest BCUT2D eigenvalue weighted by molar-refractivity contribution is -0.132. The molecule has 208 valence electrons. The van der Waals surface area contributed by atoms with Gasteiger partial charge in [0.25, 0.3) is 5.91 Å². The van der Waals surface area contributed by atoms with E-state index >= 15 is 0 Å². The largest absolute Gasteiger partial charge is 0.496 e. The molecule has 0 aliphatic rings. The highest BCUT2D eigenvalue weighted by atomic mass is 35.5. The van der Waals surface area contributed by atoms with E-state index in [9.17, 15) is 9.59 Å². The number of methoxy groups -OCH3 is 1. The Morgan fingerprint density at radius 3 is 2.51 bits per heavy atom. The quantitative estimate of drug-likeness (QED) is 0.193. The number of thiazole rings is 1. The average molecular weight is 592 g/mol. The van der Waals surface area contributed by atoms with Crippen LogP contribution in [0.2, 0.25) is 10.0 Å². The number of carbonyl (C=O) groups excluding carboxylic acids is 1. The summed E-state index contributed by atoms with van der Waals surface area (Å²) >= 11 is 13.9. The first-order valence-electron chi connectivity index (χ1n) is 12.7. The lowest BCUT2D eigenvalue weighted by Gasteiger charge is -2.22. The van der Waals surface area contributed by atoms with Gasteiger partial charge in [-0.3, -0.25) is 10.1 Å². The summed E-state index contributed by atoms with van der Waals surface area (Å²) in [7, 11) is 1.64. The van der Waals surface area contributed by atoms with Gasteiger partial charge in [-0.25, -0.2) is 9.78 Å². The molecule has 0 aliphatic heterocycles. The van der Waals surface area contributed by atoms with Crippen LogP contribution in [0.15, 0.2) is 41.3 Å². The van der Waals surface area contributed by atoms with Crippen LogP contribution in [0, 0.1) is 0 Å². The van der Waals surface area contributed by atoms with Crippen molar-refractivity contribution in [1.82, 2.24) is 4.98 Å². The molecule has 1 heterocycles. The summed E-state index contributed by atoms with van der Waals surface area (Å²) in [5.41, 5.74) is 3.08. The van der Waals surface area contributed by atoms with Crippen molar-refractivity contribution in [2.24, 2.45) is 0 Å². The predicted molar refractivity (Wildman–Crippen MR) is 158 cm³/mol. The number of hydrogen-bond donors (Lipinski definition) is 2. The van der Waals surface area contributed by atoms with Crippen molar-refractivity contribution in [3.8, 4) is 17.0 Å². The zero-order valence-corrected chi connectivity index (χ0v) is 24.7. The predicted octanol–water partition coefficient (Wildman–Crippen LogP) is 8.52. The van der Waals surface area contributed by atoms with Gasteiger partial charge >= 0.3 is 5.97 Å². The summed E-state index contributed by atoms with van der Waals surface area (Å²) in [6.45, 7) is 6.34. The van der Waals surface area contributed by atoms with Gasteiger partial charge in [-0.15, -0.1) is 11.3 Å². The lowest BCUT2D eigenvalue weighted by atomic mass is 9.98. The van der Waals surface area contributed by atoms with Gasteiger partial charge in [0.15, 0.2) is 5.13 Å². The van der Waals surface area contributed by atoms with E-state index in [4.69, 9.17) is 37.8 Å². The summed E-state index contributed by atoms with van der Waals surface area (Å²) < 4.78 is 12.0. The van der Waals surface area contributed by atoms with E-state index in [0.717, 1.165) is 36.8 Å². The minimum absolute atomic E-state index is 0.0689. The number of rotatable bonds is 13. The number of unbranched alkanes of at least 4 members (excludes halogenated alkanes) is 1. The number of nitrogens with zero attached hydrogens (tertiary/aromatic N) is 1. The number of aromatic nitrogens is 1. The van der Waals surface area contributed by atoms with Crippen LogP contribution in [0.25, 0.3) is 17.3 Å². The monoisotopic (exact) mass is 590 g/mol. The van der Waals surface area contributed by atoms with Gasteiger partial charge in [-0.05, 0) is 44.0 Å². The number of para-hydroxylation sites is 1. The fraction of sp³-hybridized carbons (Fsp3) is 0.345. The normalized spacial score (nSPS) is 12.3. The molecule has 0 saturated heterocycles. The molecule has 1 atom stereocenters. The number of hydrogen-bond acceptors (Lipinski definition) is 6. The minimum atomic E-state index is -1.09. The summed E-state index contributed by atoms with van der Waals surface area (Å²) in [6, 6.07) is 8.81. The molecule has 0 fully saturated rings. The smallest absolute Gasteiger partial charge is 0.331 e. The van der Waals surface area contributed by atoms with E-state index in [0.29, 0.717) is 28.7 Å².